The van der Waals surface area contributed by atoms with Crippen LogP contribution in [0.25, 0.3) is 6.08 Å². The standard InChI is InChI=1S/C23H25FN2O3/c1-17-15-19(18(2)26(17)16-20-7-6-13-28-20)10-11-23(27)25(3)12-14-29-22-9-5-4-8-21(22)24/h4-11,13,15H,12,14,16H2,1-3H3/b11-10+. The average molecular weight is 396 g/mol. The second-order valence-electron chi connectivity index (χ2n) is 6.86. The van der Waals surface area contributed by atoms with Crippen LogP contribution in [0.15, 0.2) is 59.2 Å². The topological polar surface area (TPSA) is 47.6 Å². The van der Waals surface area contributed by atoms with Gasteiger partial charge in [-0.2, -0.15) is 0 Å². The van der Waals surface area contributed by atoms with Crippen molar-refractivity contribution in [2.75, 3.05) is 20.2 Å². The molecule has 3 aromatic rings. The molecule has 6 heteroatoms. The second kappa shape index (κ2) is 9.28. The van der Waals surface area contributed by atoms with Crippen LogP contribution < -0.4 is 4.74 Å². The van der Waals surface area contributed by atoms with Gasteiger partial charge >= 0.3 is 0 Å². The first-order chi connectivity index (χ1) is 14.0. The molecule has 5 nitrogen and oxygen atoms in total. The number of benzene rings is 1. The Morgan fingerprint density at radius 1 is 1.24 bits per heavy atom. The van der Waals surface area contributed by atoms with Crippen LogP contribution in [0.3, 0.4) is 0 Å². The third kappa shape index (κ3) is 5.16. The summed E-state index contributed by atoms with van der Waals surface area (Å²) < 4.78 is 26.5. The molecule has 0 N–H and O–H groups in total. The number of carbonyl (C=O) groups is 1. The zero-order chi connectivity index (χ0) is 20.8. The van der Waals surface area contributed by atoms with E-state index in [9.17, 15) is 9.18 Å². The molecule has 0 aliphatic rings. The fourth-order valence-electron chi connectivity index (χ4n) is 3.05. The van der Waals surface area contributed by atoms with Gasteiger partial charge in [0, 0.05) is 24.5 Å². The Morgan fingerprint density at radius 2 is 2.03 bits per heavy atom. The molecule has 0 unspecified atom stereocenters. The molecule has 0 radical (unpaired) electrons. The van der Waals surface area contributed by atoms with Gasteiger partial charge in [0.25, 0.3) is 0 Å². The largest absolute Gasteiger partial charge is 0.489 e. The van der Waals surface area contributed by atoms with Gasteiger partial charge in [-0.05, 0) is 55.8 Å². The van der Waals surface area contributed by atoms with E-state index in [0.717, 1.165) is 22.7 Å². The lowest BCUT2D eigenvalue weighted by Gasteiger charge is -2.15. The van der Waals surface area contributed by atoms with Crippen LogP contribution in [-0.2, 0) is 11.3 Å². The summed E-state index contributed by atoms with van der Waals surface area (Å²) in [5.74, 6) is 0.519. The Kier molecular flexibility index (Phi) is 6.54. The minimum Gasteiger partial charge on any atom is -0.489 e. The van der Waals surface area contributed by atoms with Gasteiger partial charge in [-0.25, -0.2) is 4.39 Å². The molecule has 152 valence electrons. The van der Waals surface area contributed by atoms with Crippen LogP contribution in [0.1, 0.15) is 22.7 Å². The minimum atomic E-state index is -0.411. The Balaban J connectivity index is 1.56. The van der Waals surface area contributed by atoms with E-state index in [1.54, 1.807) is 42.5 Å². The number of aromatic nitrogens is 1. The Labute approximate surface area is 170 Å². The Hall–Kier alpha value is -3.28. The van der Waals surface area contributed by atoms with Gasteiger partial charge in [0.1, 0.15) is 12.4 Å². The van der Waals surface area contributed by atoms with E-state index in [4.69, 9.17) is 9.15 Å². The molecule has 0 atom stereocenters. The molecule has 3 rings (SSSR count). The maximum atomic E-state index is 13.5. The van der Waals surface area contributed by atoms with Crippen LogP contribution >= 0.6 is 0 Å². The molecule has 0 spiro atoms. The fourth-order valence-corrected chi connectivity index (χ4v) is 3.05. The third-order valence-electron chi connectivity index (χ3n) is 4.81. The van der Waals surface area contributed by atoms with Gasteiger partial charge in [-0.3, -0.25) is 4.79 Å². The predicted molar refractivity (Wildman–Crippen MR) is 110 cm³/mol. The first-order valence-corrected chi connectivity index (χ1v) is 9.45. The molecule has 0 saturated heterocycles. The van der Waals surface area contributed by atoms with E-state index in [1.807, 2.05) is 38.1 Å². The van der Waals surface area contributed by atoms with E-state index in [2.05, 4.69) is 4.57 Å². The van der Waals surface area contributed by atoms with Crippen molar-refractivity contribution < 1.29 is 18.3 Å². The number of aryl methyl sites for hydroxylation is 1. The first kappa shape index (κ1) is 20.5. The lowest BCUT2D eigenvalue weighted by atomic mass is 10.2. The van der Waals surface area contributed by atoms with Gasteiger partial charge in [0.05, 0.1) is 19.4 Å². The van der Waals surface area contributed by atoms with E-state index in [-0.39, 0.29) is 18.3 Å². The maximum Gasteiger partial charge on any atom is 0.246 e. The van der Waals surface area contributed by atoms with Crippen molar-refractivity contribution in [2.24, 2.45) is 0 Å². The van der Waals surface area contributed by atoms with Crippen molar-refractivity contribution in [3.63, 3.8) is 0 Å². The summed E-state index contributed by atoms with van der Waals surface area (Å²) >= 11 is 0. The molecule has 2 heterocycles. The number of para-hydroxylation sites is 1. The number of carbonyl (C=O) groups excluding carboxylic acids is 1. The van der Waals surface area contributed by atoms with Gasteiger partial charge < -0.3 is 18.6 Å². The summed E-state index contributed by atoms with van der Waals surface area (Å²) in [4.78, 5) is 13.9. The highest BCUT2D eigenvalue weighted by molar-refractivity contribution is 5.91. The van der Waals surface area contributed by atoms with Crippen molar-refractivity contribution in [3.05, 3.63) is 83.3 Å². The summed E-state index contributed by atoms with van der Waals surface area (Å²) in [7, 11) is 1.69. The number of furan rings is 1. The Bertz CT molecular complexity index is 990. The molecular weight excluding hydrogens is 371 g/mol. The quantitative estimate of drug-likeness (QED) is 0.529. The summed E-state index contributed by atoms with van der Waals surface area (Å²) in [5, 5.41) is 0. The second-order valence-corrected chi connectivity index (χ2v) is 6.86. The van der Waals surface area contributed by atoms with Crippen molar-refractivity contribution in [1.82, 2.24) is 9.47 Å². The van der Waals surface area contributed by atoms with Gasteiger partial charge in [0.15, 0.2) is 11.6 Å². The van der Waals surface area contributed by atoms with Gasteiger partial charge in [-0.1, -0.05) is 12.1 Å². The third-order valence-corrected chi connectivity index (χ3v) is 4.81. The number of hydrogen-bond donors (Lipinski definition) is 0. The monoisotopic (exact) mass is 396 g/mol. The summed E-state index contributed by atoms with van der Waals surface area (Å²) in [6.07, 6.45) is 5.02. The number of nitrogens with zero attached hydrogens (tertiary/aromatic N) is 2. The number of ether oxygens (including phenoxy) is 1. The number of hydrogen-bond acceptors (Lipinski definition) is 3. The molecular formula is C23H25FN2O3. The van der Waals surface area contributed by atoms with E-state index >= 15 is 0 Å². The number of rotatable bonds is 8. The van der Waals surface area contributed by atoms with Crippen LogP contribution in [0, 0.1) is 19.7 Å². The number of likely N-dealkylation sites (N-methyl/N-ethyl adjacent to an activating group) is 1. The molecule has 0 fully saturated rings. The van der Waals surface area contributed by atoms with Crippen LogP contribution in [0.5, 0.6) is 5.75 Å². The molecule has 0 saturated carbocycles. The summed E-state index contributed by atoms with van der Waals surface area (Å²) in [6.45, 7) is 5.27. The van der Waals surface area contributed by atoms with Crippen LogP contribution in [-0.4, -0.2) is 35.6 Å². The Morgan fingerprint density at radius 3 is 2.76 bits per heavy atom. The zero-order valence-corrected chi connectivity index (χ0v) is 16.9. The van der Waals surface area contributed by atoms with Crippen molar-refractivity contribution >= 4 is 12.0 Å². The fraction of sp³-hybridized carbons (Fsp3) is 0.261. The molecule has 0 aliphatic carbocycles. The summed E-state index contributed by atoms with van der Waals surface area (Å²) in [6, 6.07) is 12.1. The molecule has 0 bridgehead atoms. The highest BCUT2D eigenvalue weighted by Gasteiger charge is 2.10. The lowest BCUT2D eigenvalue weighted by molar-refractivity contribution is -0.125. The SMILES string of the molecule is Cc1cc(/C=C/C(=O)N(C)CCOc2ccccc2F)c(C)n1Cc1ccco1. The molecule has 1 amide bonds. The van der Waals surface area contributed by atoms with Crippen molar-refractivity contribution in [3.8, 4) is 5.75 Å². The van der Waals surface area contributed by atoms with Crippen molar-refractivity contribution in [2.45, 2.75) is 20.4 Å². The zero-order valence-electron chi connectivity index (χ0n) is 16.9. The van der Waals surface area contributed by atoms with E-state index in [0.29, 0.717) is 13.1 Å². The molecule has 1 aromatic carbocycles. The normalized spacial score (nSPS) is 11.2. The minimum absolute atomic E-state index is 0.141. The molecule has 2 aromatic heterocycles. The highest BCUT2D eigenvalue weighted by atomic mass is 19.1. The first-order valence-electron chi connectivity index (χ1n) is 9.45. The van der Waals surface area contributed by atoms with E-state index in [1.165, 1.54) is 6.07 Å². The van der Waals surface area contributed by atoms with Gasteiger partial charge in [-0.15, -0.1) is 0 Å². The van der Waals surface area contributed by atoms with Crippen LogP contribution in [0.4, 0.5) is 4.39 Å². The molecule has 29 heavy (non-hydrogen) atoms. The van der Waals surface area contributed by atoms with Gasteiger partial charge in [0.2, 0.25) is 5.91 Å². The van der Waals surface area contributed by atoms with Crippen LogP contribution in [0.2, 0.25) is 0 Å². The van der Waals surface area contributed by atoms with Crippen molar-refractivity contribution in [1.29, 1.82) is 0 Å². The maximum absolute atomic E-state index is 13.5. The predicted octanol–water partition coefficient (Wildman–Crippen LogP) is 4.44. The van der Waals surface area contributed by atoms with E-state index < -0.39 is 5.82 Å². The number of amides is 1. The average Bonchev–Trinajstić information content (AvgIpc) is 3.31. The highest BCUT2D eigenvalue weighted by Crippen LogP contribution is 2.19. The molecule has 0 aliphatic heterocycles. The smallest absolute Gasteiger partial charge is 0.246 e. The lowest BCUT2D eigenvalue weighted by Crippen LogP contribution is -2.29. The number of halogens is 1. The summed E-state index contributed by atoms with van der Waals surface area (Å²) in [5.41, 5.74) is 3.14.